The summed E-state index contributed by atoms with van der Waals surface area (Å²) in [6, 6.07) is 5.16. The van der Waals surface area contributed by atoms with E-state index < -0.39 is 0 Å². The van der Waals surface area contributed by atoms with Gasteiger partial charge < -0.3 is 14.4 Å². The van der Waals surface area contributed by atoms with Gasteiger partial charge in [0.1, 0.15) is 11.9 Å². The van der Waals surface area contributed by atoms with Gasteiger partial charge in [-0.25, -0.2) is 9.97 Å². The summed E-state index contributed by atoms with van der Waals surface area (Å²) in [6.07, 6.45) is 4.94. The number of rotatable bonds is 4. The van der Waals surface area contributed by atoms with Gasteiger partial charge in [0, 0.05) is 31.1 Å². The molecule has 0 aromatic carbocycles. The number of nitrogens with zero attached hydrogens (tertiary/aromatic N) is 4. The molecule has 0 radical (unpaired) electrons. The third kappa shape index (κ3) is 3.79. The molecule has 1 aliphatic heterocycles. The number of aromatic nitrogens is 3. The minimum atomic E-state index is -0.0665. The second-order valence-electron chi connectivity index (χ2n) is 5.66. The van der Waals surface area contributed by atoms with E-state index in [0.29, 0.717) is 36.2 Å². The monoisotopic (exact) mass is 328 g/mol. The molecule has 7 heteroatoms. The van der Waals surface area contributed by atoms with E-state index in [1.54, 1.807) is 42.6 Å². The highest BCUT2D eigenvalue weighted by molar-refractivity contribution is 5.94. The Hall–Kier alpha value is -2.70. The molecule has 2 aromatic heterocycles. The number of ether oxygens (including phenoxy) is 2. The molecule has 1 fully saturated rings. The van der Waals surface area contributed by atoms with Crippen LogP contribution in [-0.2, 0) is 0 Å². The van der Waals surface area contributed by atoms with E-state index in [2.05, 4.69) is 15.0 Å². The zero-order valence-electron chi connectivity index (χ0n) is 13.8. The number of piperidine rings is 1. The third-order valence-corrected chi connectivity index (χ3v) is 3.90. The van der Waals surface area contributed by atoms with Crippen molar-refractivity contribution in [3.05, 3.63) is 42.0 Å². The van der Waals surface area contributed by atoms with Crippen molar-refractivity contribution >= 4 is 5.91 Å². The number of pyridine rings is 1. The molecular weight excluding hydrogens is 308 g/mol. The lowest BCUT2D eigenvalue weighted by molar-refractivity contribution is 0.0526. The molecule has 1 aliphatic rings. The van der Waals surface area contributed by atoms with E-state index in [1.807, 2.05) is 6.92 Å². The molecule has 0 bridgehead atoms. The predicted octanol–water partition coefficient (Wildman–Crippen LogP) is 1.87. The maximum Gasteiger partial charge on any atom is 0.255 e. The number of carbonyl (C=O) groups is 1. The lowest BCUT2D eigenvalue weighted by Crippen LogP contribution is -2.44. The van der Waals surface area contributed by atoms with Crippen LogP contribution in [-0.4, -0.2) is 52.1 Å². The van der Waals surface area contributed by atoms with Crippen LogP contribution in [0.25, 0.3) is 0 Å². The number of methoxy groups -OCH3 is 1. The van der Waals surface area contributed by atoms with Gasteiger partial charge in [0.2, 0.25) is 11.8 Å². The number of carbonyl (C=O) groups excluding carboxylic acids is 1. The van der Waals surface area contributed by atoms with Crippen molar-refractivity contribution in [3.63, 3.8) is 0 Å². The second kappa shape index (κ2) is 7.25. The fourth-order valence-corrected chi connectivity index (χ4v) is 2.70. The highest BCUT2D eigenvalue weighted by atomic mass is 16.5. The first kappa shape index (κ1) is 16.2. The number of hydrogen-bond donors (Lipinski definition) is 0. The lowest BCUT2D eigenvalue weighted by Gasteiger charge is -2.32. The zero-order chi connectivity index (χ0) is 16.9. The first-order chi connectivity index (χ1) is 11.7. The smallest absolute Gasteiger partial charge is 0.255 e. The minimum absolute atomic E-state index is 0.0441. The number of hydrogen-bond acceptors (Lipinski definition) is 6. The number of amides is 1. The molecular formula is C17H20N4O3. The van der Waals surface area contributed by atoms with Gasteiger partial charge in [-0.2, -0.15) is 4.98 Å². The Bertz CT molecular complexity index is 705. The van der Waals surface area contributed by atoms with E-state index >= 15 is 0 Å². The van der Waals surface area contributed by atoms with Crippen molar-refractivity contribution in [2.24, 2.45) is 0 Å². The topological polar surface area (TPSA) is 77.4 Å². The Morgan fingerprint density at radius 3 is 2.83 bits per heavy atom. The summed E-state index contributed by atoms with van der Waals surface area (Å²) in [5.41, 5.74) is 0.550. The van der Waals surface area contributed by atoms with Crippen molar-refractivity contribution in [1.29, 1.82) is 0 Å². The van der Waals surface area contributed by atoms with E-state index in [4.69, 9.17) is 9.47 Å². The Morgan fingerprint density at radius 2 is 2.12 bits per heavy atom. The molecule has 24 heavy (non-hydrogen) atoms. The molecule has 1 amide bonds. The first-order valence-electron chi connectivity index (χ1n) is 7.91. The molecule has 3 rings (SSSR count). The average Bonchev–Trinajstić information content (AvgIpc) is 2.61. The summed E-state index contributed by atoms with van der Waals surface area (Å²) in [6.45, 7) is 3.07. The van der Waals surface area contributed by atoms with Crippen LogP contribution in [0, 0.1) is 6.92 Å². The number of aryl methyl sites for hydroxylation is 1. The maximum absolute atomic E-state index is 12.6. The Kier molecular flexibility index (Phi) is 4.88. The van der Waals surface area contributed by atoms with E-state index in [-0.39, 0.29) is 12.0 Å². The fourth-order valence-electron chi connectivity index (χ4n) is 2.70. The van der Waals surface area contributed by atoms with Crippen LogP contribution in [0.1, 0.15) is 29.0 Å². The molecule has 3 heterocycles. The SMILES string of the molecule is COc1ccc(C(=O)N2CCCC(Oc3ccnc(C)n3)C2)cn1. The van der Waals surface area contributed by atoms with E-state index in [9.17, 15) is 4.79 Å². The average molecular weight is 328 g/mol. The van der Waals surface area contributed by atoms with Crippen LogP contribution in [0.3, 0.4) is 0 Å². The van der Waals surface area contributed by atoms with Crippen LogP contribution in [0.2, 0.25) is 0 Å². The van der Waals surface area contributed by atoms with Gasteiger partial charge in [0.05, 0.1) is 19.2 Å². The van der Waals surface area contributed by atoms with E-state index in [1.165, 1.54) is 0 Å². The normalized spacial score (nSPS) is 17.4. The van der Waals surface area contributed by atoms with Crippen molar-refractivity contribution < 1.29 is 14.3 Å². The largest absolute Gasteiger partial charge is 0.481 e. The van der Waals surface area contributed by atoms with E-state index in [0.717, 1.165) is 12.8 Å². The van der Waals surface area contributed by atoms with Gasteiger partial charge in [-0.3, -0.25) is 4.79 Å². The molecule has 0 aliphatic carbocycles. The van der Waals surface area contributed by atoms with Crippen LogP contribution in [0.15, 0.2) is 30.6 Å². The lowest BCUT2D eigenvalue weighted by atomic mass is 10.1. The number of likely N-dealkylation sites (tertiary alicyclic amines) is 1. The van der Waals surface area contributed by atoms with Crippen LogP contribution >= 0.6 is 0 Å². The third-order valence-electron chi connectivity index (χ3n) is 3.90. The van der Waals surface area contributed by atoms with Crippen LogP contribution in [0.5, 0.6) is 11.8 Å². The summed E-state index contributed by atoms with van der Waals surface area (Å²) in [5, 5.41) is 0. The second-order valence-corrected chi connectivity index (χ2v) is 5.66. The van der Waals surface area contributed by atoms with Gasteiger partial charge in [0.15, 0.2) is 0 Å². The summed E-state index contributed by atoms with van der Waals surface area (Å²) in [5.74, 6) is 1.66. The summed E-state index contributed by atoms with van der Waals surface area (Å²) in [7, 11) is 1.55. The standard InChI is InChI=1S/C17H20N4O3/c1-12-18-8-7-16(20-12)24-14-4-3-9-21(11-14)17(22)13-5-6-15(23-2)19-10-13/h5-8,10,14H,3-4,9,11H2,1-2H3. The van der Waals surface area contributed by atoms with Gasteiger partial charge in [-0.1, -0.05) is 0 Å². The van der Waals surface area contributed by atoms with Gasteiger partial charge in [-0.05, 0) is 25.8 Å². The molecule has 7 nitrogen and oxygen atoms in total. The molecule has 1 atom stereocenters. The quantitative estimate of drug-likeness (QED) is 0.853. The van der Waals surface area contributed by atoms with Crippen LogP contribution < -0.4 is 9.47 Å². The van der Waals surface area contributed by atoms with Crippen molar-refractivity contribution in [2.75, 3.05) is 20.2 Å². The first-order valence-corrected chi connectivity index (χ1v) is 7.91. The Labute approximate surface area is 140 Å². The van der Waals surface area contributed by atoms with Crippen LogP contribution in [0.4, 0.5) is 0 Å². The summed E-state index contributed by atoms with van der Waals surface area (Å²) in [4.78, 5) is 26.8. The van der Waals surface area contributed by atoms with Gasteiger partial charge in [0.25, 0.3) is 5.91 Å². The highest BCUT2D eigenvalue weighted by Crippen LogP contribution is 2.19. The zero-order valence-corrected chi connectivity index (χ0v) is 13.8. The van der Waals surface area contributed by atoms with Gasteiger partial charge in [-0.15, -0.1) is 0 Å². The van der Waals surface area contributed by atoms with Crippen molar-refractivity contribution in [1.82, 2.24) is 19.9 Å². The molecule has 0 spiro atoms. The molecule has 1 saturated heterocycles. The molecule has 0 N–H and O–H groups in total. The fraction of sp³-hybridized carbons (Fsp3) is 0.412. The summed E-state index contributed by atoms with van der Waals surface area (Å²) < 4.78 is 10.9. The Morgan fingerprint density at radius 1 is 1.25 bits per heavy atom. The molecule has 126 valence electrons. The maximum atomic E-state index is 12.6. The predicted molar refractivity (Wildman–Crippen MR) is 87.1 cm³/mol. The Balaban J connectivity index is 1.64. The summed E-state index contributed by atoms with van der Waals surface area (Å²) >= 11 is 0. The highest BCUT2D eigenvalue weighted by Gasteiger charge is 2.26. The van der Waals surface area contributed by atoms with Crippen molar-refractivity contribution in [3.8, 4) is 11.8 Å². The van der Waals surface area contributed by atoms with Crippen molar-refractivity contribution in [2.45, 2.75) is 25.9 Å². The minimum Gasteiger partial charge on any atom is -0.481 e. The molecule has 0 saturated carbocycles. The molecule has 2 aromatic rings. The van der Waals surface area contributed by atoms with Gasteiger partial charge >= 0.3 is 0 Å². The molecule has 1 unspecified atom stereocenters.